The van der Waals surface area contributed by atoms with Crippen molar-refractivity contribution in [1.29, 1.82) is 0 Å². The highest BCUT2D eigenvalue weighted by Crippen LogP contribution is 2.29. The van der Waals surface area contributed by atoms with Crippen molar-refractivity contribution >= 4 is 11.6 Å². The van der Waals surface area contributed by atoms with Crippen LogP contribution in [-0.4, -0.2) is 16.1 Å². The molecular weight excluding hydrogens is 366 g/mol. The molecule has 1 aromatic heterocycles. The van der Waals surface area contributed by atoms with Crippen molar-refractivity contribution in [2.75, 3.05) is 5.32 Å². The molecular formula is C18H13F4N3O2. The van der Waals surface area contributed by atoms with Gasteiger partial charge in [0.2, 0.25) is 11.8 Å². The molecule has 3 aromatic rings. The number of aromatic nitrogens is 2. The number of nitrogens with one attached hydrogen (secondary N) is 1. The summed E-state index contributed by atoms with van der Waals surface area (Å²) < 4.78 is 56.5. The maximum absolute atomic E-state index is 13.7. The largest absolute Gasteiger partial charge is 0.421 e. The molecule has 9 heteroatoms. The van der Waals surface area contributed by atoms with Gasteiger partial charge >= 0.3 is 6.18 Å². The normalized spacial score (nSPS) is 11.4. The number of carbonyl (C=O) groups excluding carboxylic acids is 1. The predicted molar refractivity (Wildman–Crippen MR) is 88.1 cm³/mol. The summed E-state index contributed by atoms with van der Waals surface area (Å²) in [5, 5.41) is 9.99. The molecule has 0 saturated carbocycles. The lowest BCUT2D eigenvalue weighted by Gasteiger charge is -2.08. The zero-order valence-corrected chi connectivity index (χ0v) is 13.8. The summed E-state index contributed by atoms with van der Waals surface area (Å²) in [6.45, 7) is 0. The van der Waals surface area contributed by atoms with E-state index in [0.717, 1.165) is 12.1 Å². The summed E-state index contributed by atoms with van der Waals surface area (Å²) in [6.07, 6.45) is -4.36. The highest BCUT2D eigenvalue weighted by molar-refractivity contribution is 5.90. The summed E-state index contributed by atoms with van der Waals surface area (Å²) in [5.74, 6) is -0.782. The Bertz CT molecular complexity index is 936. The first-order valence-electron chi connectivity index (χ1n) is 7.87. The van der Waals surface area contributed by atoms with Crippen LogP contribution in [0.2, 0.25) is 0 Å². The van der Waals surface area contributed by atoms with Gasteiger partial charge in [-0.25, -0.2) is 4.39 Å². The van der Waals surface area contributed by atoms with Crippen LogP contribution in [0.1, 0.15) is 17.9 Å². The number of rotatable bonds is 5. The smallest absolute Gasteiger partial charge is 0.416 e. The van der Waals surface area contributed by atoms with Gasteiger partial charge in [-0.1, -0.05) is 12.1 Å². The zero-order chi connectivity index (χ0) is 19.4. The number of halogens is 4. The van der Waals surface area contributed by atoms with Crippen LogP contribution >= 0.6 is 0 Å². The van der Waals surface area contributed by atoms with Crippen LogP contribution in [0.25, 0.3) is 11.5 Å². The van der Waals surface area contributed by atoms with Gasteiger partial charge < -0.3 is 9.73 Å². The standard InChI is InChI=1S/C18H13F4N3O2/c19-14-4-2-1-3-13(14)17-25-24-16(27-17)10-9-15(26)23-12-7-5-11(6-8-12)18(20,21)22/h1-8H,9-10H2,(H,23,26). The summed E-state index contributed by atoms with van der Waals surface area (Å²) in [4.78, 5) is 11.9. The van der Waals surface area contributed by atoms with Crippen molar-refractivity contribution in [2.45, 2.75) is 19.0 Å². The van der Waals surface area contributed by atoms with E-state index in [4.69, 9.17) is 4.42 Å². The van der Waals surface area contributed by atoms with Crippen LogP contribution in [0.15, 0.2) is 52.9 Å². The molecule has 0 saturated heterocycles. The Balaban J connectivity index is 1.56. The summed E-state index contributed by atoms with van der Waals surface area (Å²) in [5.41, 5.74) is -0.400. The van der Waals surface area contributed by atoms with E-state index in [2.05, 4.69) is 15.5 Å². The third-order valence-electron chi connectivity index (χ3n) is 3.63. The molecule has 27 heavy (non-hydrogen) atoms. The lowest BCUT2D eigenvalue weighted by Crippen LogP contribution is -2.13. The third-order valence-corrected chi connectivity index (χ3v) is 3.63. The molecule has 1 amide bonds. The number of amides is 1. The number of hydrogen-bond donors (Lipinski definition) is 1. The fourth-order valence-corrected chi connectivity index (χ4v) is 2.28. The Kier molecular flexibility index (Phi) is 5.20. The monoisotopic (exact) mass is 379 g/mol. The molecule has 0 aliphatic carbocycles. The fraction of sp³-hybridized carbons (Fsp3) is 0.167. The Labute approximate surface area is 151 Å². The molecule has 0 unspecified atom stereocenters. The second-order valence-corrected chi connectivity index (χ2v) is 5.60. The zero-order valence-electron chi connectivity index (χ0n) is 13.8. The second kappa shape index (κ2) is 7.56. The SMILES string of the molecule is O=C(CCc1nnc(-c2ccccc2F)o1)Nc1ccc(C(F)(F)F)cc1. The van der Waals surface area contributed by atoms with Gasteiger partial charge in [0.1, 0.15) is 5.82 Å². The molecule has 0 radical (unpaired) electrons. The highest BCUT2D eigenvalue weighted by atomic mass is 19.4. The van der Waals surface area contributed by atoms with E-state index in [9.17, 15) is 22.4 Å². The molecule has 3 rings (SSSR count). The van der Waals surface area contributed by atoms with Crippen molar-refractivity contribution in [2.24, 2.45) is 0 Å². The molecule has 0 fully saturated rings. The number of carbonyl (C=O) groups is 1. The number of hydrogen-bond acceptors (Lipinski definition) is 4. The summed E-state index contributed by atoms with van der Waals surface area (Å²) >= 11 is 0. The van der Waals surface area contributed by atoms with E-state index in [0.29, 0.717) is 0 Å². The van der Waals surface area contributed by atoms with Crippen molar-refractivity contribution < 1.29 is 26.8 Å². The van der Waals surface area contributed by atoms with Crippen molar-refractivity contribution in [3.63, 3.8) is 0 Å². The van der Waals surface area contributed by atoms with Crippen LogP contribution in [0, 0.1) is 5.82 Å². The molecule has 5 nitrogen and oxygen atoms in total. The Morgan fingerprint density at radius 3 is 2.41 bits per heavy atom. The predicted octanol–water partition coefficient (Wildman–Crippen LogP) is 4.47. The van der Waals surface area contributed by atoms with Crippen LogP contribution in [0.5, 0.6) is 0 Å². The topological polar surface area (TPSA) is 68.0 Å². The summed E-state index contributed by atoms with van der Waals surface area (Å²) in [6, 6.07) is 10.0. The molecule has 2 aromatic carbocycles. The molecule has 1 heterocycles. The van der Waals surface area contributed by atoms with Crippen molar-refractivity contribution in [3.05, 3.63) is 65.8 Å². The number of alkyl halides is 3. The maximum Gasteiger partial charge on any atom is 0.416 e. The second-order valence-electron chi connectivity index (χ2n) is 5.60. The molecule has 140 valence electrons. The van der Waals surface area contributed by atoms with E-state index in [1.165, 1.54) is 30.3 Å². The lowest BCUT2D eigenvalue weighted by molar-refractivity contribution is -0.137. The van der Waals surface area contributed by atoms with Crippen molar-refractivity contribution in [3.8, 4) is 11.5 Å². The van der Waals surface area contributed by atoms with Gasteiger partial charge in [-0.2, -0.15) is 13.2 Å². The van der Waals surface area contributed by atoms with E-state index < -0.39 is 23.5 Å². The van der Waals surface area contributed by atoms with Gasteiger partial charge in [0, 0.05) is 18.5 Å². The maximum atomic E-state index is 13.7. The van der Waals surface area contributed by atoms with Crippen LogP contribution < -0.4 is 5.32 Å². The fourth-order valence-electron chi connectivity index (χ4n) is 2.28. The molecule has 0 aliphatic heterocycles. The minimum absolute atomic E-state index is 0.00578. The highest BCUT2D eigenvalue weighted by Gasteiger charge is 2.30. The van der Waals surface area contributed by atoms with E-state index >= 15 is 0 Å². The quantitative estimate of drug-likeness (QED) is 0.665. The van der Waals surface area contributed by atoms with Gasteiger partial charge in [-0.15, -0.1) is 10.2 Å². The van der Waals surface area contributed by atoms with Crippen LogP contribution in [0.4, 0.5) is 23.2 Å². The average molecular weight is 379 g/mol. The first-order chi connectivity index (χ1) is 12.8. The van der Waals surface area contributed by atoms with Gasteiger partial charge in [0.05, 0.1) is 11.1 Å². The number of benzene rings is 2. The van der Waals surface area contributed by atoms with Gasteiger partial charge in [-0.3, -0.25) is 4.79 Å². The summed E-state index contributed by atoms with van der Waals surface area (Å²) in [7, 11) is 0. The van der Waals surface area contributed by atoms with Crippen molar-refractivity contribution in [1.82, 2.24) is 10.2 Å². The minimum atomic E-state index is -4.43. The molecule has 0 spiro atoms. The molecule has 0 atom stereocenters. The van der Waals surface area contributed by atoms with E-state index in [1.54, 1.807) is 6.07 Å². The molecule has 0 bridgehead atoms. The number of anilines is 1. The average Bonchev–Trinajstić information content (AvgIpc) is 3.09. The van der Waals surface area contributed by atoms with Gasteiger partial charge in [-0.05, 0) is 36.4 Å². The van der Waals surface area contributed by atoms with Crippen LogP contribution in [0.3, 0.4) is 0 Å². The lowest BCUT2D eigenvalue weighted by atomic mass is 10.2. The van der Waals surface area contributed by atoms with Gasteiger partial charge in [0.15, 0.2) is 0 Å². The third kappa shape index (κ3) is 4.69. The number of nitrogens with zero attached hydrogens (tertiary/aromatic N) is 2. The minimum Gasteiger partial charge on any atom is -0.421 e. The number of aryl methyl sites for hydroxylation is 1. The first kappa shape index (κ1) is 18.6. The Morgan fingerprint density at radius 2 is 1.74 bits per heavy atom. The van der Waals surface area contributed by atoms with Gasteiger partial charge in [0.25, 0.3) is 5.89 Å². The molecule has 0 aliphatic rings. The molecule has 1 N–H and O–H groups in total. The first-order valence-corrected chi connectivity index (χ1v) is 7.87. The Hall–Kier alpha value is -3.23. The van der Waals surface area contributed by atoms with E-state index in [1.807, 2.05) is 0 Å². The Morgan fingerprint density at radius 1 is 1.04 bits per heavy atom. The van der Waals surface area contributed by atoms with E-state index in [-0.39, 0.29) is 35.9 Å². The van der Waals surface area contributed by atoms with Crippen LogP contribution in [-0.2, 0) is 17.4 Å².